The van der Waals surface area contributed by atoms with Crippen molar-refractivity contribution in [2.75, 3.05) is 16.8 Å². The second-order valence-electron chi connectivity index (χ2n) is 6.08. The number of carbonyl (C=O) groups is 2. The molecule has 0 spiro atoms. The van der Waals surface area contributed by atoms with Gasteiger partial charge in [-0.05, 0) is 36.4 Å². The van der Waals surface area contributed by atoms with Gasteiger partial charge < -0.3 is 10.2 Å². The minimum Gasteiger partial charge on any atom is -0.325 e. The first-order valence-electron chi connectivity index (χ1n) is 8.34. The average Bonchev–Trinajstić information content (AvgIpc) is 2.65. The molecule has 2 aromatic carbocycles. The zero-order chi connectivity index (χ0) is 20.3. The molecule has 0 saturated heterocycles. The lowest BCUT2D eigenvalue weighted by Crippen LogP contribution is -2.36. The number of alkyl halides is 3. The van der Waals surface area contributed by atoms with Gasteiger partial charge in [-0.1, -0.05) is 18.2 Å². The minimum atomic E-state index is -4.45. The molecule has 1 N–H and O–H groups in total. The highest BCUT2D eigenvalue weighted by Gasteiger charge is 2.30. The van der Waals surface area contributed by atoms with Crippen molar-refractivity contribution in [3.05, 3.63) is 66.4 Å². The lowest BCUT2D eigenvalue weighted by molar-refractivity contribution is -0.137. The Bertz CT molecular complexity index is 1010. The first kappa shape index (κ1) is 19.3. The monoisotopic (exact) mass is 387 g/mol. The van der Waals surface area contributed by atoms with Crippen molar-refractivity contribution in [2.45, 2.75) is 13.1 Å². The molecule has 8 heteroatoms. The fourth-order valence-corrected chi connectivity index (χ4v) is 2.76. The molecule has 1 heterocycles. The molecule has 0 saturated carbocycles. The van der Waals surface area contributed by atoms with Gasteiger partial charge in [0.25, 0.3) is 0 Å². The number of carbonyl (C=O) groups excluding carboxylic acids is 2. The molecule has 0 fully saturated rings. The molecule has 3 aromatic rings. The van der Waals surface area contributed by atoms with E-state index in [9.17, 15) is 22.8 Å². The van der Waals surface area contributed by atoms with Crippen molar-refractivity contribution in [2.24, 2.45) is 0 Å². The highest BCUT2D eigenvalue weighted by Crippen LogP contribution is 2.30. The van der Waals surface area contributed by atoms with Crippen molar-refractivity contribution in [3.8, 4) is 0 Å². The number of benzene rings is 2. The van der Waals surface area contributed by atoms with Crippen LogP contribution in [0, 0.1) is 0 Å². The predicted octanol–water partition coefficient (Wildman–Crippen LogP) is 4.25. The van der Waals surface area contributed by atoms with E-state index in [1.54, 1.807) is 24.4 Å². The summed E-state index contributed by atoms with van der Waals surface area (Å²) >= 11 is 0. The van der Waals surface area contributed by atoms with E-state index in [1.165, 1.54) is 11.8 Å². The molecule has 1 aromatic heterocycles. The van der Waals surface area contributed by atoms with E-state index in [2.05, 4.69) is 10.3 Å². The number of aromatic nitrogens is 1. The number of rotatable bonds is 4. The lowest BCUT2D eigenvalue weighted by atomic mass is 10.1. The second kappa shape index (κ2) is 7.67. The Kier molecular flexibility index (Phi) is 5.30. The van der Waals surface area contributed by atoms with Gasteiger partial charge in [-0.25, -0.2) is 0 Å². The van der Waals surface area contributed by atoms with Crippen LogP contribution >= 0.6 is 0 Å². The molecule has 0 bridgehead atoms. The number of fused-ring (bicyclic) bond motifs is 1. The van der Waals surface area contributed by atoms with Gasteiger partial charge in [-0.2, -0.15) is 13.2 Å². The molecule has 0 atom stereocenters. The van der Waals surface area contributed by atoms with Crippen LogP contribution in [-0.4, -0.2) is 23.3 Å². The molecular formula is C20H16F3N3O2. The molecular weight excluding hydrogens is 371 g/mol. The smallest absolute Gasteiger partial charge is 0.325 e. The van der Waals surface area contributed by atoms with Gasteiger partial charge >= 0.3 is 6.18 Å². The number of hydrogen-bond acceptors (Lipinski definition) is 3. The molecule has 144 valence electrons. The molecule has 5 nitrogen and oxygen atoms in total. The van der Waals surface area contributed by atoms with Crippen LogP contribution in [0.5, 0.6) is 0 Å². The third-order valence-corrected chi connectivity index (χ3v) is 4.08. The maximum absolute atomic E-state index is 12.6. The number of para-hydroxylation sites is 1. The number of hydrogen-bond donors (Lipinski definition) is 1. The molecule has 0 radical (unpaired) electrons. The number of halogens is 3. The van der Waals surface area contributed by atoms with E-state index in [4.69, 9.17) is 0 Å². The number of pyridine rings is 1. The molecule has 2 amide bonds. The van der Waals surface area contributed by atoms with Crippen LogP contribution in [0.15, 0.2) is 60.8 Å². The Morgan fingerprint density at radius 3 is 2.36 bits per heavy atom. The van der Waals surface area contributed by atoms with Gasteiger partial charge in [-0.15, -0.1) is 0 Å². The van der Waals surface area contributed by atoms with E-state index in [1.807, 2.05) is 12.1 Å². The molecule has 0 aliphatic rings. The topological polar surface area (TPSA) is 62.3 Å². The lowest BCUT2D eigenvalue weighted by Gasteiger charge is -2.22. The van der Waals surface area contributed by atoms with E-state index in [0.717, 1.165) is 29.7 Å². The number of nitrogens with zero attached hydrogens (tertiary/aromatic N) is 2. The molecule has 28 heavy (non-hydrogen) atoms. The standard InChI is InChI=1S/C20H16F3N3O2/c1-13(27)26(17-6-2-4-14-5-3-11-24-19(14)17)12-18(28)25-16-9-7-15(8-10-16)20(21,22)23/h2-11H,12H2,1H3,(H,25,28). The summed E-state index contributed by atoms with van der Waals surface area (Å²) in [5.74, 6) is -0.899. The highest BCUT2D eigenvalue weighted by molar-refractivity contribution is 6.06. The van der Waals surface area contributed by atoms with Crippen LogP contribution in [0.4, 0.5) is 24.5 Å². The third-order valence-electron chi connectivity index (χ3n) is 4.08. The van der Waals surface area contributed by atoms with Gasteiger partial charge in [0.05, 0.1) is 16.8 Å². The Morgan fingerprint density at radius 2 is 1.71 bits per heavy atom. The first-order valence-corrected chi connectivity index (χ1v) is 8.34. The molecule has 0 aliphatic carbocycles. The summed E-state index contributed by atoms with van der Waals surface area (Å²) in [5, 5.41) is 3.32. The number of anilines is 2. The SMILES string of the molecule is CC(=O)N(CC(=O)Nc1ccc(C(F)(F)F)cc1)c1cccc2cccnc12. The van der Waals surface area contributed by atoms with Crippen molar-refractivity contribution in [3.63, 3.8) is 0 Å². The summed E-state index contributed by atoms with van der Waals surface area (Å²) in [6.07, 6.45) is -2.86. The van der Waals surface area contributed by atoms with Crippen molar-refractivity contribution < 1.29 is 22.8 Å². The summed E-state index contributed by atoms with van der Waals surface area (Å²) in [4.78, 5) is 30.0. The van der Waals surface area contributed by atoms with E-state index in [-0.39, 0.29) is 18.1 Å². The van der Waals surface area contributed by atoms with Crippen molar-refractivity contribution >= 4 is 34.1 Å². The van der Waals surface area contributed by atoms with Gasteiger partial charge in [0.15, 0.2) is 0 Å². The average molecular weight is 387 g/mol. The number of amides is 2. The largest absolute Gasteiger partial charge is 0.416 e. The van der Waals surface area contributed by atoms with E-state index >= 15 is 0 Å². The summed E-state index contributed by atoms with van der Waals surface area (Å²) in [7, 11) is 0. The zero-order valence-corrected chi connectivity index (χ0v) is 14.8. The normalized spacial score (nSPS) is 11.3. The van der Waals surface area contributed by atoms with Crippen LogP contribution in [0.3, 0.4) is 0 Å². The third kappa shape index (κ3) is 4.28. The Hall–Kier alpha value is -3.42. The molecule has 0 unspecified atom stereocenters. The summed E-state index contributed by atoms with van der Waals surface area (Å²) in [5.41, 5.74) is 0.450. The van der Waals surface area contributed by atoms with Crippen molar-refractivity contribution in [1.82, 2.24) is 4.98 Å². The van der Waals surface area contributed by atoms with Gasteiger partial charge in [-0.3, -0.25) is 14.6 Å². The van der Waals surface area contributed by atoms with Crippen LogP contribution in [0.2, 0.25) is 0 Å². The van der Waals surface area contributed by atoms with Crippen molar-refractivity contribution in [1.29, 1.82) is 0 Å². The second-order valence-corrected chi connectivity index (χ2v) is 6.08. The van der Waals surface area contributed by atoms with Gasteiger partial charge in [0, 0.05) is 24.2 Å². The maximum atomic E-state index is 12.6. The van der Waals surface area contributed by atoms with Crippen LogP contribution in [0.25, 0.3) is 10.9 Å². The van der Waals surface area contributed by atoms with Gasteiger partial charge in [0.2, 0.25) is 11.8 Å². The van der Waals surface area contributed by atoms with E-state index in [0.29, 0.717) is 11.2 Å². The molecule has 3 rings (SSSR count). The van der Waals surface area contributed by atoms with Gasteiger partial charge in [0.1, 0.15) is 6.54 Å². The van der Waals surface area contributed by atoms with E-state index < -0.39 is 17.6 Å². The fourth-order valence-electron chi connectivity index (χ4n) is 2.76. The van der Waals surface area contributed by atoms with Crippen LogP contribution in [0.1, 0.15) is 12.5 Å². The minimum absolute atomic E-state index is 0.206. The Labute approximate surface area is 158 Å². The highest BCUT2D eigenvalue weighted by atomic mass is 19.4. The fraction of sp³-hybridized carbons (Fsp3) is 0.150. The Balaban J connectivity index is 1.79. The summed E-state index contributed by atoms with van der Waals surface area (Å²) < 4.78 is 37.9. The zero-order valence-electron chi connectivity index (χ0n) is 14.8. The number of nitrogens with one attached hydrogen (secondary N) is 1. The predicted molar refractivity (Wildman–Crippen MR) is 99.8 cm³/mol. The van der Waals surface area contributed by atoms with Crippen LogP contribution in [-0.2, 0) is 15.8 Å². The summed E-state index contributed by atoms with van der Waals surface area (Å²) in [6.45, 7) is 1.03. The first-order chi connectivity index (χ1) is 13.3. The Morgan fingerprint density at radius 1 is 1.04 bits per heavy atom. The quantitative estimate of drug-likeness (QED) is 0.728. The van der Waals surface area contributed by atoms with Crippen LogP contribution < -0.4 is 10.2 Å². The summed E-state index contributed by atoms with van der Waals surface area (Å²) in [6, 6.07) is 13.0. The maximum Gasteiger partial charge on any atom is 0.416 e. The molecule has 0 aliphatic heterocycles.